The number of morpholine rings is 1. The van der Waals surface area contributed by atoms with Crippen LogP contribution < -0.4 is 16.0 Å². The van der Waals surface area contributed by atoms with Crippen LogP contribution in [0.4, 0.5) is 0 Å². The van der Waals surface area contributed by atoms with Crippen molar-refractivity contribution < 1.29 is 14.3 Å². The fraction of sp³-hybridized carbons (Fsp3) is 0.867. The van der Waals surface area contributed by atoms with Gasteiger partial charge in [0.15, 0.2) is 0 Å². The van der Waals surface area contributed by atoms with Gasteiger partial charge >= 0.3 is 0 Å². The molecule has 6 heteroatoms. The molecule has 1 aliphatic heterocycles. The summed E-state index contributed by atoms with van der Waals surface area (Å²) in [6, 6.07) is 0.107. The van der Waals surface area contributed by atoms with Gasteiger partial charge in [-0.1, -0.05) is 12.8 Å². The van der Waals surface area contributed by atoms with Gasteiger partial charge in [-0.05, 0) is 18.8 Å². The molecule has 0 aromatic carbocycles. The van der Waals surface area contributed by atoms with Crippen molar-refractivity contribution in [2.75, 3.05) is 32.8 Å². The van der Waals surface area contributed by atoms with Crippen molar-refractivity contribution in [3.8, 4) is 0 Å². The Labute approximate surface area is 126 Å². The highest BCUT2D eigenvalue weighted by Crippen LogP contribution is 2.27. The Morgan fingerprint density at radius 3 is 2.33 bits per heavy atom. The second-order valence-electron chi connectivity index (χ2n) is 5.98. The topological polar surface area (TPSA) is 79.5 Å². The van der Waals surface area contributed by atoms with Gasteiger partial charge in [0.2, 0.25) is 11.8 Å². The molecule has 0 radical (unpaired) electrons. The molecule has 120 valence electrons. The van der Waals surface area contributed by atoms with Crippen molar-refractivity contribution in [2.24, 2.45) is 5.92 Å². The molecule has 0 spiro atoms. The zero-order valence-electron chi connectivity index (χ0n) is 12.7. The second-order valence-corrected chi connectivity index (χ2v) is 5.98. The molecule has 1 saturated heterocycles. The van der Waals surface area contributed by atoms with Gasteiger partial charge in [0.25, 0.3) is 0 Å². The molecule has 21 heavy (non-hydrogen) atoms. The van der Waals surface area contributed by atoms with E-state index in [1.54, 1.807) is 0 Å². The lowest BCUT2D eigenvalue weighted by Gasteiger charge is -2.23. The van der Waals surface area contributed by atoms with Gasteiger partial charge in [-0.25, -0.2) is 0 Å². The summed E-state index contributed by atoms with van der Waals surface area (Å²) >= 11 is 0. The fourth-order valence-electron chi connectivity index (χ4n) is 3.00. The zero-order valence-corrected chi connectivity index (χ0v) is 12.7. The largest absolute Gasteiger partial charge is 0.378 e. The average molecular weight is 297 g/mol. The lowest BCUT2D eigenvalue weighted by atomic mass is 10.0. The molecule has 2 amide bonds. The summed E-state index contributed by atoms with van der Waals surface area (Å²) in [6.45, 7) is 3.10. The van der Waals surface area contributed by atoms with Crippen LogP contribution in [0.3, 0.4) is 0 Å². The predicted molar refractivity (Wildman–Crippen MR) is 79.8 cm³/mol. The number of hydrogen-bond acceptors (Lipinski definition) is 4. The Bertz CT molecular complexity index is 337. The van der Waals surface area contributed by atoms with Crippen LogP contribution in [-0.4, -0.2) is 50.7 Å². The van der Waals surface area contributed by atoms with E-state index in [0.717, 1.165) is 6.54 Å². The first-order chi connectivity index (χ1) is 10.2. The second kappa shape index (κ2) is 9.00. The number of nitrogens with one attached hydrogen (secondary N) is 3. The third-order valence-electron chi connectivity index (χ3n) is 4.15. The number of ether oxygens (including phenoxy) is 1. The van der Waals surface area contributed by atoms with Gasteiger partial charge in [0, 0.05) is 38.5 Å². The first-order valence-corrected chi connectivity index (χ1v) is 8.08. The lowest BCUT2D eigenvalue weighted by Crippen LogP contribution is -2.45. The van der Waals surface area contributed by atoms with E-state index in [-0.39, 0.29) is 17.9 Å². The van der Waals surface area contributed by atoms with Crippen molar-refractivity contribution in [3.05, 3.63) is 0 Å². The van der Waals surface area contributed by atoms with Crippen LogP contribution in [-0.2, 0) is 14.3 Å². The molecule has 0 aromatic heterocycles. The van der Waals surface area contributed by atoms with E-state index in [0.29, 0.717) is 45.1 Å². The fourth-order valence-corrected chi connectivity index (χ4v) is 3.00. The van der Waals surface area contributed by atoms with E-state index >= 15 is 0 Å². The van der Waals surface area contributed by atoms with Crippen molar-refractivity contribution in [1.82, 2.24) is 16.0 Å². The van der Waals surface area contributed by atoms with Gasteiger partial charge in [-0.2, -0.15) is 0 Å². The monoisotopic (exact) mass is 297 g/mol. The first kappa shape index (κ1) is 16.2. The van der Waals surface area contributed by atoms with Crippen LogP contribution in [0, 0.1) is 5.92 Å². The van der Waals surface area contributed by atoms with Gasteiger partial charge in [0.1, 0.15) is 0 Å². The first-order valence-electron chi connectivity index (χ1n) is 8.08. The van der Waals surface area contributed by atoms with E-state index < -0.39 is 0 Å². The summed E-state index contributed by atoms with van der Waals surface area (Å²) in [5, 5.41) is 8.95. The quantitative estimate of drug-likeness (QED) is 0.586. The summed E-state index contributed by atoms with van der Waals surface area (Å²) in [5.41, 5.74) is 0. The number of carbonyl (C=O) groups is 2. The summed E-state index contributed by atoms with van der Waals surface area (Å²) < 4.78 is 5.30. The third kappa shape index (κ3) is 6.44. The highest BCUT2D eigenvalue weighted by atomic mass is 16.5. The van der Waals surface area contributed by atoms with E-state index in [1.165, 1.54) is 25.7 Å². The number of carbonyl (C=O) groups excluding carboxylic acids is 2. The SMILES string of the molecule is O=C(CC1CCCC1)NCCNC(=O)CC1COCCN1. The van der Waals surface area contributed by atoms with Crippen molar-refractivity contribution in [2.45, 2.75) is 44.6 Å². The number of amides is 2. The summed E-state index contributed by atoms with van der Waals surface area (Å²) in [6.07, 6.45) is 5.94. The minimum atomic E-state index is 0.00282. The molecule has 0 bridgehead atoms. The van der Waals surface area contributed by atoms with Crippen LogP contribution >= 0.6 is 0 Å². The van der Waals surface area contributed by atoms with Gasteiger partial charge < -0.3 is 20.7 Å². The normalized spacial score (nSPS) is 23.0. The van der Waals surface area contributed by atoms with E-state index in [1.807, 2.05) is 0 Å². The standard InChI is InChI=1S/C15H27N3O3/c19-14(9-12-3-1-2-4-12)17-5-6-18-15(20)10-13-11-21-8-7-16-13/h12-13,16H,1-11H2,(H,17,19)(H,18,20). The predicted octanol–water partition coefficient (Wildman–Crippen LogP) is 0.178. The Hall–Kier alpha value is -1.14. The maximum atomic E-state index is 11.7. The molecule has 2 aliphatic rings. The van der Waals surface area contributed by atoms with Crippen molar-refractivity contribution in [3.63, 3.8) is 0 Å². The van der Waals surface area contributed by atoms with Crippen molar-refractivity contribution in [1.29, 1.82) is 0 Å². The molecule has 1 saturated carbocycles. The average Bonchev–Trinajstić information content (AvgIpc) is 2.97. The molecule has 1 heterocycles. The van der Waals surface area contributed by atoms with Gasteiger partial charge in [-0.15, -0.1) is 0 Å². The van der Waals surface area contributed by atoms with Crippen LogP contribution in [0.25, 0.3) is 0 Å². The number of rotatable bonds is 7. The molecule has 2 fully saturated rings. The smallest absolute Gasteiger partial charge is 0.221 e. The molecule has 0 aromatic rings. The van der Waals surface area contributed by atoms with E-state index in [4.69, 9.17) is 4.74 Å². The highest BCUT2D eigenvalue weighted by molar-refractivity contribution is 5.77. The van der Waals surface area contributed by atoms with Crippen molar-refractivity contribution >= 4 is 11.8 Å². The maximum Gasteiger partial charge on any atom is 0.221 e. The minimum absolute atomic E-state index is 0.00282. The molecular weight excluding hydrogens is 270 g/mol. The van der Waals surface area contributed by atoms with Crippen LogP contribution in [0.5, 0.6) is 0 Å². The summed E-state index contributed by atoms with van der Waals surface area (Å²) in [4.78, 5) is 23.4. The number of hydrogen-bond donors (Lipinski definition) is 3. The maximum absolute atomic E-state index is 11.7. The molecule has 6 nitrogen and oxygen atoms in total. The Kier molecular flexibility index (Phi) is 6.95. The third-order valence-corrected chi connectivity index (χ3v) is 4.15. The minimum Gasteiger partial charge on any atom is -0.378 e. The molecule has 2 rings (SSSR count). The summed E-state index contributed by atoms with van der Waals surface area (Å²) in [5.74, 6) is 0.679. The Morgan fingerprint density at radius 1 is 1.05 bits per heavy atom. The Morgan fingerprint density at radius 2 is 1.71 bits per heavy atom. The summed E-state index contributed by atoms with van der Waals surface area (Å²) in [7, 11) is 0. The molecule has 1 aliphatic carbocycles. The Balaban J connectivity index is 1.48. The lowest BCUT2D eigenvalue weighted by molar-refractivity contribution is -0.124. The van der Waals surface area contributed by atoms with Crippen LogP contribution in [0.1, 0.15) is 38.5 Å². The van der Waals surface area contributed by atoms with Gasteiger partial charge in [-0.3, -0.25) is 9.59 Å². The zero-order chi connectivity index (χ0) is 14.9. The van der Waals surface area contributed by atoms with E-state index in [9.17, 15) is 9.59 Å². The molecular formula is C15H27N3O3. The highest BCUT2D eigenvalue weighted by Gasteiger charge is 2.18. The molecule has 1 unspecified atom stereocenters. The van der Waals surface area contributed by atoms with Crippen LogP contribution in [0.2, 0.25) is 0 Å². The van der Waals surface area contributed by atoms with Crippen LogP contribution in [0.15, 0.2) is 0 Å². The molecule has 3 N–H and O–H groups in total. The molecule has 1 atom stereocenters. The van der Waals surface area contributed by atoms with Gasteiger partial charge in [0.05, 0.1) is 13.2 Å². The van der Waals surface area contributed by atoms with E-state index in [2.05, 4.69) is 16.0 Å².